The fourth-order valence-electron chi connectivity index (χ4n) is 3.24. The normalized spacial score (nSPS) is 17.1. The van der Waals surface area contributed by atoms with Crippen LogP contribution in [0.3, 0.4) is 0 Å². The molecule has 25 heavy (non-hydrogen) atoms. The first kappa shape index (κ1) is 16.0. The van der Waals surface area contributed by atoms with Gasteiger partial charge in [0.05, 0.1) is 18.0 Å². The predicted octanol–water partition coefficient (Wildman–Crippen LogP) is 2.26. The van der Waals surface area contributed by atoms with Gasteiger partial charge in [-0.15, -0.1) is 0 Å². The van der Waals surface area contributed by atoms with Gasteiger partial charge >= 0.3 is 0 Å². The first-order valence-electron chi connectivity index (χ1n) is 8.08. The Kier molecular flexibility index (Phi) is 4.14. The lowest BCUT2D eigenvalue weighted by Gasteiger charge is -2.33. The number of rotatable bonds is 4. The Labute approximate surface area is 148 Å². The van der Waals surface area contributed by atoms with Crippen LogP contribution in [0.5, 0.6) is 11.6 Å². The maximum Gasteiger partial charge on any atom is 0.230 e. The fourth-order valence-corrected chi connectivity index (χ4v) is 4.33. The zero-order valence-corrected chi connectivity index (χ0v) is 14.6. The van der Waals surface area contributed by atoms with Gasteiger partial charge in [0.15, 0.2) is 0 Å². The molecule has 0 amide bonds. The van der Waals surface area contributed by atoms with Crippen molar-refractivity contribution in [3.05, 3.63) is 41.0 Å². The van der Waals surface area contributed by atoms with Gasteiger partial charge in [-0.05, 0) is 17.7 Å². The maximum absolute atomic E-state index is 11.7. The van der Waals surface area contributed by atoms with E-state index in [1.54, 1.807) is 7.11 Å². The van der Waals surface area contributed by atoms with Crippen molar-refractivity contribution in [2.75, 3.05) is 20.2 Å². The highest BCUT2D eigenvalue weighted by atomic mass is 32.1. The van der Waals surface area contributed by atoms with Crippen molar-refractivity contribution in [3.8, 4) is 11.6 Å². The minimum atomic E-state index is -0.170. The number of piperidine rings is 1. The molecule has 7 nitrogen and oxygen atoms in total. The van der Waals surface area contributed by atoms with Crippen LogP contribution in [0.1, 0.15) is 29.3 Å². The van der Waals surface area contributed by atoms with Gasteiger partial charge in [0, 0.05) is 25.9 Å². The van der Waals surface area contributed by atoms with E-state index in [9.17, 15) is 9.90 Å². The fraction of sp³-hybridized carbons (Fsp3) is 0.353. The Morgan fingerprint density at radius 2 is 2.12 bits per heavy atom. The van der Waals surface area contributed by atoms with Gasteiger partial charge in [0.1, 0.15) is 17.9 Å². The molecule has 1 saturated heterocycles. The molecule has 2 aromatic heterocycles. The summed E-state index contributed by atoms with van der Waals surface area (Å²) < 4.78 is 6.80. The Bertz CT molecular complexity index is 910. The van der Waals surface area contributed by atoms with Crippen molar-refractivity contribution in [3.63, 3.8) is 0 Å². The van der Waals surface area contributed by atoms with Crippen LogP contribution in [-0.2, 0) is 4.79 Å². The second-order valence-corrected chi connectivity index (χ2v) is 7.01. The Hall–Kier alpha value is -2.45. The number of thiazole rings is 1. The van der Waals surface area contributed by atoms with E-state index >= 15 is 0 Å². The summed E-state index contributed by atoms with van der Waals surface area (Å²) in [4.78, 5) is 19.5. The number of ketones is 1. The Balaban J connectivity index is 1.81. The predicted molar refractivity (Wildman–Crippen MR) is 93.2 cm³/mol. The topological polar surface area (TPSA) is 80.0 Å². The summed E-state index contributed by atoms with van der Waals surface area (Å²) in [5, 5.41) is 14.7. The molecule has 0 spiro atoms. The van der Waals surface area contributed by atoms with Gasteiger partial charge < -0.3 is 9.84 Å². The summed E-state index contributed by atoms with van der Waals surface area (Å²) >= 11 is 1.41. The second kappa shape index (κ2) is 6.45. The molecule has 0 radical (unpaired) electrons. The highest BCUT2D eigenvalue weighted by Gasteiger charge is 2.31. The molecule has 8 heteroatoms. The van der Waals surface area contributed by atoms with Gasteiger partial charge in [-0.1, -0.05) is 23.5 Å². The van der Waals surface area contributed by atoms with Gasteiger partial charge in [-0.3, -0.25) is 9.69 Å². The molecule has 0 saturated carbocycles. The van der Waals surface area contributed by atoms with E-state index in [1.165, 1.54) is 22.2 Å². The summed E-state index contributed by atoms with van der Waals surface area (Å²) in [7, 11) is 1.63. The third-order valence-corrected chi connectivity index (χ3v) is 5.60. The number of hydrogen-bond donors (Lipinski definition) is 1. The number of hydrogen-bond acceptors (Lipinski definition) is 7. The van der Waals surface area contributed by atoms with Crippen LogP contribution in [-0.4, -0.2) is 50.6 Å². The summed E-state index contributed by atoms with van der Waals surface area (Å²) in [5.74, 6) is 1.14. The van der Waals surface area contributed by atoms with Gasteiger partial charge in [0.25, 0.3) is 0 Å². The Morgan fingerprint density at radius 1 is 1.32 bits per heavy atom. The first-order valence-corrected chi connectivity index (χ1v) is 8.90. The average molecular weight is 358 g/mol. The number of nitrogens with zero attached hydrogens (tertiary/aromatic N) is 4. The monoisotopic (exact) mass is 358 g/mol. The van der Waals surface area contributed by atoms with Crippen LogP contribution in [0.2, 0.25) is 0 Å². The molecule has 3 aromatic rings. The molecule has 1 aliphatic heterocycles. The van der Waals surface area contributed by atoms with E-state index in [0.717, 1.165) is 16.2 Å². The minimum Gasteiger partial charge on any atom is -0.497 e. The van der Waals surface area contributed by atoms with Crippen LogP contribution >= 0.6 is 11.3 Å². The lowest BCUT2D eigenvalue weighted by atomic mass is 9.99. The first-order chi connectivity index (χ1) is 12.2. The van der Waals surface area contributed by atoms with Crippen molar-refractivity contribution >= 4 is 22.1 Å². The zero-order chi connectivity index (χ0) is 17.4. The minimum absolute atomic E-state index is 0.0993. The molecule has 0 aliphatic carbocycles. The number of ether oxygens (including phenoxy) is 1. The van der Waals surface area contributed by atoms with E-state index in [2.05, 4.69) is 15.0 Å². The molecule has 1 N–H and O–H groups in total. The molecule has 1 aliphatic rings. The van der Waals surface area contributed by atoms with Crippen molar-refractivity contribution in [2.24, 2.45) is 0 Å². The van der Waals surface area contributed by atoms with Crippen molar-refractivity contribution in [1.29, 1.82) is 0 Å². The number of fused-ring (bicyclic) bond motifs is 1. The second-order valence-electron chi connectivity index (χ2n) is 6.00. The van der Waals surface area contributed by atoms with Crippen LogP contribution in [0.4, 0.5) is 0 Å². The molecular formula is C17H18N4O3S. The van der Waals surface area contributed by atoms with Crippen LogP contribution in [0.25, 0.3) is 4.96 Å². The van der Waals surface area contributed by atoms with Crippen LogP contribution in [0, 0.1) is 0 Å². The van der Waals surface area contributed by atoms with Gasteiger partial charge in [0.2, 0.25) is 10.8 Å². The number of likely N-dealkylation sites (tertiary alicyclic amines) is 1. The number of carbonyl (C=O) groups excluding carboxylic acids is 1. The Morgan fingerprint density at radius 3 is 2.84 bits per heavy atom. The molecule has 1 atom stereocenters. The zero-order valence-electron chi connectivity index (χ0n) is 13.8. The summed E-state index contributed by atoms with van der Waals surface area (Å²) in [5.41, 5.74) is 1.01. The third kappa shape index (κ3) is 2.87. The number of aromatic nitrogens is 3. The van der Waals surface area contributed by atoms with E-state index in [4.69, 9.17) is 4.74 Å². The smallest absolute Gasteiger partial charge is 0.230 e. The molecule has 1 aromatic carbocycles. The van der Waals surface area contributed by atoms with Crippen molar-refractivity contribution < 1.29 is 14.6 Å². The van der Waals surface area contributed by atoms with Crippen LogP contribution < -0.4 is 4.74 Å². The largest absolute Gasteiger partial charge is 0.497 e. The summed E-state index contributed by atoms with van der Waals surface area (Å²) in [6, 6.07) is 7.64. The maximum atomic E-state index is 11.7. The average Bonchev–Trinajstić information content (AvgIpc) is 3.21. The lowest BCUT2D eigenvalue weighted by Crippen LogP contribution is -2.37. The van der Waals surface area contributed by atoms with Gasteiger partial charge in [-0.25, -0.2) is 4.98 Å². The highest BCUT2D eigenvalue weighted by Crippen LogP contribution is 2.41. The van der Waals surface area contributed by atoms with Crippen molar-refractivity contribution in [1.82, 2.24) is 19.5 Å². The molecule has 1 unspecified atom stereocenters. The number of Topliss-reactive ketones (excluding diaryl/α,β-unsaturated/α-hetero) is 1. The summed E-state index contributed by atoms with van der Waals surface area (Å²) in [6.45, 7) is 1.32. The third-order valence-electron chi connectivity index (χ3n) is 4.52. The van der Waals surface area contributed by atoms with E-state index in [0.29, 0.717) is 30.9 Å². The molecule has 4 rings (SSSR count). The van der Waals surface area contributed by atoms with E-state index < -0.39 is 0 Å². The van der Waals surface area contributed by atoms with Gasteiger partial charge in [-0.2, -0.15) is 9.61 Å². The standard InChI is InChI=1S/C17H18N4O3S/c1-24-13-4-2-3-11(9-13)14(20-7-5-12(22)6-8-20)15-16(23)21-17(25-15)18-10-19-21/h2-4,9-10,14,23H,5-8H2,1H3. The molecular weight excluding hydrogens is 340 g/mol. The number of methoxy groups -OCH3 is 1. The molecule has 3 heterocycles. The quantitative estimate of drug-likeness (QED) is 0.771. The van der Waals surface area contributed by atoms with E-state index in [-0.39, 0.29) is 17.7 Å². The number of benzene rings is 1. The highest BCUT2D eigenvalue weighted by molar-refractivity contribution is 7.17. The molecule has 130 valence electrons. The molecule has 0 bridgehead atoms. The van der Waals surface area contributed by atoms with Crippen LogP contribution in [0.15, 0.2) is 30.6 Å². The van der Waals surface area contributed by atoms with E-state index in [1.807, 2.05) is 24.3 Å². The summed E-state index contributed by atoms with van der Waals surface area (Å²) in [6.07, 6.45) is 2.49. The number of carbonyl (C=O) groups is 1. The lowest BCUT2D eigenvalue weighted by molar-refractivity contribution is -0.121. The number of aromatic hydroxyl groups is 1. The SMILES string of the molecule is COc1cccc(C(c2sc3ncnn3c2O)N2CCC(=O)CC2)c1. The van der Waals surface area contributed by atoms with Crippen molar-refractivity contribution in [2.45, 2.75) is 18.9 Å². The molecule has 1 fully saturated rings.